The predicted octanol–water partition coefficient (Wildman–Crippen LogP) is 2.80. The van der Waals surface area contributed by atoms with Gasteiger partial charge in [0, 0.05) is 0 Å². The highest BCUT2D eigenvalue weighted by atomic mass is 14.5. The zero-order valence-electron chi connectivity index (χ0n) is 8.27. The van der Waals surface area contributed by atoms with Crippen molar-refractivity contribution in [3.8, 4) is 0 Å². The summed E-state index contributed by atoms with van der Waals surface area (Å²) in [6.45, 7) is 7.65. The Hall–Kier alpha value is -0.0400. The molecular weight excluding hydrogens is 134 g/mol. The van der Waals surface area contributed by atoms with E-state index in [-0.39, 0.29) is 0 Å². The number of hydrogen-bond acceptors (Lipinski definition) is 1. The Balaban J connectivity index is 3.58. The van der Waals surface area contributed by atoms with Gasteiger partial charge >= 0.3 is 0 Å². The molecule has 0 aromatic rings. The van der Waals surface area contributed by atoms with Crippen LogP contribution in [-0.4, -0.2) is 6.54 Å². The molecule has 1 nitrogen and oxygen atoms in total. The minimum atomic E-state index is 0.764. The number of hydrogen-bond donors (Lipinski definition) is 1. The molecule has 1 heteroatoms. The van der Waals surface area contributed by atoms with E-state index in [4.69, 9.17) is 5.73 Å². The molecule has 0 rings (SSSR count). The van der Waals surface area contributed by atoms with Crippen molar-refractivity contribution in [2.75, 3.05) is 6.54 Å². The molecule has 0 saturated carbocycles. The molecule has 0 bridgehead atoms. The van der Waals surface area contributed by atoms with Crippen molar-refractivity contribution < 1.29 is 0 Å². The Kier molecular flexibility index (Phi) is 6.63. The average Bonchev–Trinajstić information content (AvgIpc) is 2.07. The van der Waals surface area contributed by atoms with Gasteiger partial charge in [-0.05, 0) is 24.8 Å². The van der Waals surface area contributed by atoms with Crippen LogP contribution in [0.2, 0.25) is 0 Å². The summed E-state index contributed by atoms with van der Waals surface area (Å²) >= 11 is 0. The molecular formula is C10H23N. The Morgan fingerprint density at radius 1 is 0.909 bits per heavy atom. The van der Waals surface area contributed by atoms with E-state index in [1.807, 2.05) is 0 Å². The van der Waals surface area contributed by atoms with Gasteiger partial charge in [-0.25, -0.2) is 0 Å². The summed E-state index contributed by atoms with van der Waals surface area (Å²) in [5, 5.41) is 0. The minimum absolute atomic E-state index is 0.764. The fourth-order valence-electron chi connectivity index (χ4n) is 1.52. The van der Waals surface area contributed by atoms with Crippen LogP contribution >= 0.6 is 0 Å². The van der Waals surface area contributed by atoms with Gasteiger partial charge in [0.25, 0.3) is 0 Å². The molecule has 1 atom stereocenters. The van der Waals surface area contributed by atoms with Gasteiger partial charge in [-0.3, -0.25) is 0 Å². The second-order valence-electron chi connectivity index (χ2n) is 3.43. The third-order valence-corrected chi connectivity index (χ3v) is 2.73. The van der Waals surface area contributed by atoms with Crippen LogP contribution in [0.25, 0.3) is 0 Å². The molecule has 0 aromatic carbocycles. The molecule has 0 aliphatic carbocycles. The van der Waals surface area contributed by atoms with E-state index in [1.54, 1.807) is 0 Å². The van der Waals surface area contributed by atoms with E-state index >= 15 is 0 Å². The fourth-order valence-corrected chi connectivity index (χ4v) is 1.52. The maximum Gasteiger partial charge on any atom is -0.00489 e. The number of nitrogens with two attached hydrogens (primary N) is 1. The van der Waals surface area contributed by atoms with E-state index in [1.165, 1.54) is 25.7 Å². The van der Waals surface area contributed by atoms with Crippen LogP contribution in [0, 0.1) is 11.8 Å². The molecule has 0 heterocycles. The topological polar surface area (TPSA) is 26.0 Å². The van der Waals surface area contributed by atoms with Gasteiger partial charge in [-0.2, -0.15) is 0 Å². The third kappa shape index (κ3) is 4.41. The monoisotopic (exact) mass is 157 g/mol. The lowest BCUT2D eigenvalue weighted by molar-refractivity contribution is 0.351. The van der Waals surface area contributed by atoms with Gasteiger partial charge in [-0.1, -0.05) is 40.0 Å². The molecule has 0 fully saturated rings. The maximum absolute atomic E-state index is 5.64. The highest BCUT2D eigenvalue weighted by Gasteiger charge is 2.10. The van der Waals surface area contributed by atoms with Crippen molar-refractivity contribution in [1.82, 2.24) is 0 Å². The highest BCUT2D eigenvalue weighted by Crippen LogP contribution is 2.19. The van der Waals surface area contributed by atoms with Crippen LogP contribution in [-0.2, 0) is 0 Å². The highest BCUT2D eigenvalue weighted by molar-refractivity contribution is 4.63. The van der Waals surface area contributed by atoms with Crippen molar-refractivity contribution in [2.24, 2.45) is 17.6 Å². The molecule has 0 aliphatic heterocycles. The van der Waals surface area contributed by atoms with E-state index in [0.717, 1.165) is 18.4 Å². The minimum Gasteiger partial charge on any atom is -0.330 e. The Labute approximate surface area is 71.4 Å². The number of rotatable bonds is 6. The van der Waals surface area contributed by atoms with Gasteiger partial charge in [0.15, 0.2) is 0 Å². The van der Waals surface area contributed by atoms with Gasteiger partial charge in [-0.15, -0.1) is 0 Å². The molecule has 11 heavy (non-hydrogen) atoms. The second kappa shape index (κ2) is 6.66. The summed E-state index contributed by atoms with van der Waals surface area (Å²) in [4.78, 5) is 0. The Morgan fingerprint density at radius 2 is 1.36 bits per heavy atom. The third-order valence-electron chi connectivity index (χ3n) is 2.73. The lowest BCUT2D eigenvalue weighted by Crippen LogP contribution is -2.16. The molecule has 0 saturated heterocycles. The van der Waals surface area contributed by atoms with Crippen molar-refractivity contribution in [3.63, 3.8) is 0 Å². The normalized spacial score (nSPS) is 13.9. The van der Waals surface area contributed by atoms with Gasteiger partial charge < -0.3 is 5.73 Å². The van der Waals surface area contributed by atoms with E-state index in [2.05, 4.69) is 20.8 Å². The summed E-state index contributed by atoms with van der Waals surface area (Å²) in [5.41, 5.74) is 5.64. The van der Waals surface area contributed by atoms with Crippen LogP contribution in [0.4, 0.5) is 0 Å². The van der Waals surface area contributed by atoms with Gasteiger partial charge in [0.05, 0.1) is 0 Å². The lowest BCUT2D eigenvalue weighted by atomic mass is 9.89. The van der Waals surface area contributed by atoms with Crippen molar-refractivity contribution >= 4 is 0 Å². The average molecular weight is 157 g/mol. The standard InChI is InChI=1S/C10H23N/c1-4-9(5-2)7-10(6-3)8-11/h9-10H,4-8,11H2,1-3H3. The Bertz CT molecular complexity index is 62.9. The molecule has 0 spiro atoms. The second-order valence-corrected chi connectivity index (χ2v) is 3.43. The SMILES string of the molecule is CCC(CC)CC(CC)CN. The fraction of sp³-hybridized carbons (Fsp3) is 1.00. The first-order chi connectivity index (χ1) is 5.28. The zero-order chi connectivity index (χ0) is 8.69. The van der Waals surface area contributed by atoms with Crippen LogP contribution in [0.5, 0.6) is 0 Å². The lowest BCUT2D eigenvalue weighted by Gasteiger charge is -2.18. The zero-order valence-corrected chi connectivity index (χ0v) is 8.27. The van der Waals surface area contributed by atoms with E-state index in [9.17, 15) is 0 Å². The maximum atomic E-state index is 5.64. The molecule has 0 aromatic heterocycles. The molecule has 0 amide bonds. The smallest absolute Gasteiger partial charge is 0.00489 e. The summed E-state index contributed by atoms with van der Waals surface area (Å²) in [5.74, 6) is 1.67. The van der Waals surface area contributed by atoms with Crippen LogP contribution in [0.1, 0.15) is 46.5 Å². The first-order valence-electron chi connectivity index (χ1n) is 4.98. The molecule has 1 unspecified atom stereocenters. The van der Waals surface area contributed by atoms with Crippen LogP contribution in [0.15, 0.2) is 0 Å². The van der Waals surface area contributed by atoms with Gasteiger partial charge in [0.2, 0.25) is 0 Å². The van der Waals surface area contributed by atoms with E-state index in [0.29, 0.717) is 0 Å². The molecule has 2 N–H and O–H groups in total. The summed E-state index contributed by atoms with van der Waals surface area (Å²) in [6.07, 6.45) is 5.20. The van der Waals surface area contributed by atoms with Crippen molar-refractivity contribution in [2.45, 2.75) is 46.5 Å². The van der Waals surface area contributed by atoms with Gasteiger partial charge in [0.1, 0.15) is 0 Å². The summed E-state index contributed by atoms with van der Waals surface area (Å²) in [6, 6.07) is 0. The molecule has 0 aliphatic rings. The first kappa shape index (κ1) is 11.0. The van der Waals surface area contributed by atoms with Crippen LogP contribution in [0.3, 0.4) is 0 Å². The predicted molar refractivity (Wildman–Crippen MR) is 51.5 cm³/mol. The molecule has 68 valence electrons. The van der Waals surface area contributed by atoms with Crippen LogP contribution < -0.4 is 5.73 Å². The quantitative estimate of drug-likeness (QED) is 0.630. The van der Waals surface area contributed by atoms with Crippen molar-refractivity contribution in [1.29, 1.82) is 0 Å². The largest absolute Gasteiger partial charge is 0.330 e. The van der Waals surface area contributed by atoms with E-state index < -0.39 is 0 Å². The summed E-state index contributed by atoms with van der Waals surface area (Å²) < 4.78 is 0. The summed E-state index contributed by atoms with van der Waals surface area (Å²) in [7, 11) is 0. The van der Waals surface area contributed by atoms with Crippen molar-refractivity contribution in [3.05, 3.63) is 0 Å². The Morgan fingerprint density at radius 3 is 1.64 bits per heavy atom. The first-order valence-corrected chi connectivity index (χ1v) is 4.98. The molecule has 0 radical (unpaired) electrons.